The Hall–Kier alpha value is -1.45. The number of rotatable bonds is 8. The first-order valence-corrected chi connectivity index (χ1v) is 9.16. The summed E-state index contributed by atoms with van der Waals surface area (Å²) in [4.78, 5) is 15.8. The molecule has 2 rings (SSSR count). The minimum Gasteiger partial charge on any atom is -0.462 e. The molecular weight excluding hydrogens is 467 g/mol. The third-order valence-electron chi connectivity index (χ3n) is 4.37. The van der Waals surface area contributed by atoms with Crippen LogP contribution in [0.4, 0.5) is 8.78 Å². The number of esters is 1. The molecule has 0 radical (unpaired) electrons. The maximum absolute atomic E-state index is 13.6. The summed E-state index contributed by atoms with van der Waals surface area (Å²) in [5.41, 5.74) is 0.322. The molecule has 0 bridgehead atoms. The Morgan fingerprint density at radius 2 is 1.93 bits per heavy atom. The van der Waals surface area contributed by atoms with Crippen LogP contribution in [0.25, 0.3) is 0 Å². The lowest BCUT2D eigenvalue weighted by molar-refractivity contribution is -0.148. The highest BCUT2D eigenvalue weighted by molar-refractivity contribution is 14.0. The van der Waals surface area contributed by atoms with Gasteiger partial charge in [0.1, 0.15) is 17.7 Å². The molecule has 0 spiro atoms. The van der Waals surface area contributed by atoms with Crippen LogP contribution in [-0.4, -0.2) is 38.2 Å². The summed E-state index contributed by atoms with van der Waals surface area (Å²) >= 11 is 0. The van der Waals surface area contributed by atoms with Crippen LogP contribution >= 0.6 is 24.0 Å². The Labute approximate surface area is 176 Å². The standard InChI is InChI=1S/C19H27F2N3O2.HI/c1-22-19(24-12-10-14-13-15(20)8-9-17(14)21)23-11-4-7-18(25)26-16-5-2-3-6-16;/h8-9,13,16H,2-7,10-12H2,1H3,(H2,22,23,24);1H. The van der Waals surface area contributed by atoms with Crippen molar-refractivity contribution in [2.75, 3.05) is 20.1 Å². The lowest BCUT2D eigenvalue weighted by atomic mass is 10.1. The molecule has 0 heterocycles. The summed E-state index contributed by atoms with van der Waals surface area (Å²) in [6.07, 6.45) is 5.70. The number of guanidine groups is 1. The molecule has 0 atom stereocenters. The van der Waals surface area contributed by atoms with E-state index in [1.807, 2.05) is 0 Å². The zero-order chi connectivity index (χ0) is 18.8. The molecule has 1 aromatic rings. The summed E-state index contributed by atoms with van der Waals surface area (Å²) in [6, 6.07) is 3.43. The maximum Gasteiger partial charge on any atom is 0.306 e. The highest BCUT2D eigenvalue weighted by Gasteiger charge is 2.18. The average molecular weight is 495 g/mol. The van der Waals surface area contributed by atoms with Crippen LogP contribution in [0, 0.1) is 11.6 Å². The molecule has 1 aromatic carbocycles. The predicted molar refractivity (Wildman–Crippen MR) is 112 cm³/mol. The van der Waals surface area contributed by atoms with E-state index in [0.29, 0.717) is 43.9 Å². The summed E-state index contributed by atoms with van der Waals surface area (Å²) in [7, 11) is 1.63. The number of ether oxygens (including phenoxy) is 1. The molecule has 1 aliphatic carbocycles. The third-order valence-corrected chi connectivity index (χ3v) is 4.37. The SMILES string of the molecule is CN=C(NCCCC(=O)OC1CCCC1)NCCc1cc(F)ccc1F.I. The van der Waals surface area contributed by atoms with Gasteiger partial charge >= 0.3 is 5.97 Å². The van der Waals surface area contributed by atoms with Crippen molar-refractivity contribution < 1.29 is 18.3 Å². The van der Waals surface area contributed by atoms with Crippen LogP contribution in [0.15, 0.2) is 23.2 Å². The van der Waals surface area contributed by atoms with Crippen molar-refractivity contribution in [3.05, 3.63) is 35.4 Å². The molecular formula is C19H28F2IN3O2. The van der Waals surface area contributed by atoms with Crippen molar-refractivity contribution in [1.82, 2.24) is 10.6 Å². The highest BCUT2D eigenvalue weighted by atomic mass is 127. The lowest BCUT2D eigenvalue weighted by Crippen LogP contribution is -2.39. The molecule has 0 aromatic heterocycles. The number of hydrogen-bond donors (Lipinski definition) is 2. The smallest absolute Gasteiger partial charge is 0.306 e. The number of carbonyl (C=O) groups is 1. The minimum absolute atomic E-state index is 0. The van der Waals surface area contributed by atoms with Crippen molar-refractivity contribution in [2.45, 2.75) is 51.0 Å². The van der Waals surface area contributed by atoms with Crippen molar-refractivity contribution in [3.63, 3.8) is 0 Å². The monoisotopic (exact) mass is 495 g/mol. The number of nitrogens with zero attached hydrogens (tertiary/aromatic N) is 1. The van der Waals surface area contributed by atoms with Gasteiger partial charge in [0.25, 0.3) is 0 Å². The van der Waals surface area contributed by atoms with E-state index in [9.17, 15) is 13.6 Å². The first-order valence-electron chi connectivity index (χ1n) is 9.16. The van der Waals surface area contributed by atoms with Gasteiger partial charge in [-0.05, 0) is 62.3 Å². The Morgan fingerprint density at radius 3 is 2.63 bits per heavy atom. The highest BCUT2D eigenvalue weighted by Crippen LogP contribution is 2.21. The normalized spacial score (nSPS) is 14.6. The fourth-order valence-electron chi connectivity index (χ4n) is 2.96. The van der Waals surface area contributed by atoms with Crippen molar-refractivity contribution >= 4 is 35.9 Å². The van der Waals surface area contributed by atoms with Crippen LogP contribution in [0.5, 0.6) is 0 Å². The van der Waals surface area contributed by atoms with E-state index in [-0.39, 0.29) is 36.0 Å². The van der Waals surface area contributed by atoms with E-state index in [4.69, 9.17) is 4.74 Å². The van der Waals surface area contributed by atoms with Crippen LogP contribution in [0.3, 0.4) is 0 Å². The van der Waals surface area contributed by atoms with Gasteiger partial charge < -0.3 is 15.4 Å². The van der Waals surface area contributed by atoms with Gasteiger partial charge in [-0.3, -0.25) is 9.79 Å². The first-order chi connectivity index (χ1) is 12.6. The largest absolute Gasteiger partial charge is 0.462 e. The molecule has 0 saturated heterocycles. The molecule has 1 fully saturated rings. The van der Waals surface area contributed by atoms with Crippen LogP contribution in [0.1, 0.15) is 44.1 Å². The molecule has 2 N–H and O–H groups in total. The molecule has 0 unspecified atom stereocenters. The van der Waals surface area contributed by atoms with Crippen molar-refractivity contribution in [1.29, 1.82) is 0 Å². The molecule has 0 amide bonds. The zero-order valence-electron chi connectivity index (χ0n) is 15.6. The van der Waals surface area contributed by atoms with E-state index in [1.54, 1.807) is 7.05 Å². The second-order valence-corrected chi connectivity index (χ2v) is 6.41. The third kappa shape index (κ3) is 8.85. The molecule has 1 aliphatic rings. The zero-order valence-corrected chi connectivity index (χ0v) is 17.9. The molecule has 1 saturated carbocycles. The number of benzene rings is 1. The minimum atomic E-state index is -0.451. The van der Waals surface area contributed by atoms with Gasteiger partial charge in [-0.25, -0.2) is 8.78 Å². The molecule has 8 heteroatoms. The Morgan fingerprint density at radius 1 is 1.22 bits per heavy atom. The lowest BCUT2D eigenvalue weighted by Gasteiger charge is -2.13. The van der Waals surface area contributed by atoms with E-state index >= 15 is 0 Å². The van der Waals surface area contributed by atoms with Crippen LogP contribution in [0.2, 0.25) is 0 Å². The van der Waals surface area contributed by atoms with Gasteiger partial charge in [0.05, 0.1) is 0 Å². The average Bonchev–Trinajstić information content (AvgIpc) is 3.12. The summed E-state index contributed by atoms with van der Waals surface area (Å²) in [5, 5.41) is 6.14. The van der Waals surface area contributed by atoms with Gasteiger partial charge in [-0.2, -0.15) is 0 Å². The van der Waals surface area contributed by atoms with E-state index in [0.717, 1.165) is 37.8 Å². The number of halogens is 3. The van der Waals surface area contributed by atoms with Gasteiger partial charge in [0.15, 0.2) is 5.96 Å². The number of hydrogen-bond acceptors (Lipinski definition) is 3. The fourth-order valence-corrected chi connectivity index (χ4v) is 2.96. The number of nitrogens with one attached hydrogen (secondary N) is 2. The number of carbonyl (C=O) groups excluding carboxylic acids is 1. The maximum atomic E-state index is 13.6. The topological polar surface area (TPSA) is 62.7 Å². The summed E-state index contributed by atoms with van der Waals surface area (Å²) in [5.74, 6) is -0.459. The molecule has 5 nitrogen and oxygen atoms in total. The van der Waals surface area contributed by atoms with Gasteiger partial charge in [0, 0.05) is 26.6 Å². The van der Waals surface area contributed by atoms with E-state index in [1.165, 1.54) is 6.07 Å². The molecule has 0 aliphatic heterocycles. The molecule has 27 heavy (non-hydrogen) atoms. The Balaban J connectivity index is 0.00000364. The second kappa shape index (κ2) is 12.9. The summed E-state index contributed by atoms with van der Waals surface area (Å²) < 4.78 is 32.1. The predicted octanol–water partition coefficient (Wildman–Crippen LogP) is 3.56. The Bertz CT molecular complexity index is 623. The summed E-state index contributed by atoms with van der Waals surface area (Å²) in [6.45, 7) is 0.998. The Kier molecular flexibility index (Phi) is 11.2. The van der Waals surface area contributed by atoms with Crippen LogP contribution < -0.4 is 10.6 Å². The van der Waals surface area contributed by atoms with E-state index in [2.05, 4.69) is 15.6 Å². The molecule has 152 valence electrons. The van der Waals surface area contributed by atoms with Crippen LogP contribution in [-0.2, 0) is 16.0 Å². The number of aliphatic imine (C=N–C) groups is 1. The second-order valence-electron chi connectivity index (χ2n) is 6.41. The van der Waals surface area contributed by atoms with E-state index < -0.39 is 11.6 Å². The fraction of sp³-hybridized carbons (Fsp3) is 0.579. The van der Waals surface area contributed by atoms with Gasteiger partial charge in [0.2, 0.25) is 0 Å². The van der Waals surface area contributed by atoms with Gasteiger partial charge in [-0.15, -0.1) is 24.0 Å². The van der Waals surface area contributed by atoms with Gasteiger partial charge in [-0.1, -0.05) is 0 Å². The first kappa shape index (κ1) is 23.6. The van der Waals surface area contributed by atoms with Crippen molar-refractivity contribution in [2.24, 2.45) is 4.99 Å². The van der Waals surface area contributed by atoms with Crippen molar-refractivity contribution in [3.8, 4) is 0 Å². The quantitative estimate of drug-likeness (QED) is 0.191.